The number of nitrogens with two attached hydrogens (primary N) is 1. The molecule has 5 aliphatic heterocycles. The van der Waals surface area contributed by atoms with Crippen LogP contribution in [0.15, 0.2) is 79.0 Å². The standard InChI is InChI=1S/C47H47F3N10O7/c1-26-21-30(25-59(26)38-24-36(53-54-41(38)51)32-5-3-4-6-39(32)61)55(2)28-8-10-35(47(48,49)50)34(22-28)44(65)58-19-17-57(18-20-58)43(64)27-13-15-56(16-14-27)29-7-9-31-33(23-29)46(67)60(45(31)66)37-11-12-40(62)52-42(37)63/h3-10,22-24,27,30,37,61H,1,11-21,25H2,2H3,(H2,51,54)(H,52,62,63). The zero-order valence-electron chi connectivity index (χ0n) is 36.5. The van der Waals surface area contributed by atoms with Crippen LogP contribution < -0.4 is 25.8 Å². The van der Waals surface area contributed by atoms with E-state index in [2.05, 4.69) is 22.1 Å². The van der Waals surface area contributed by atoms with Gasteiger partial charge in [-0.05, 0) is 73.9 Å². The van der Waals surface area contributed by atoms with Gasteiger partial charge in [-0.2, -0.15) is 13.2 Å². The first kappa shape index (κ1) is 44.7. The number of aromatic nitrogens is 2. The molecule has 6 amide bonds. The number of alkyl halides is 3. The van der Waals surface area contributed by atoms with Gasteiger partial charge in [0.2, 0.25) is 17.7 Å². The van der Waals surface area contributed by atoms with Crippen molar-refractivity contribution in [1.29, 1.82) is 0 Å². The molecule has 6 heterocycles. The molecule has 348 valence electrons. The Balaban J connectivity index is 0.818. The van der Waals surface area contributed by atoms with Gasteiger partial charge in [0.25, 0.3) is 17.7 Å². The molecule has 0 spiro atoms. The maximum atomic E-state index is 14.5. The second kappa shape index (κ2) is 17.4. The smallest absolute Gasteiger partial charge is 0.417 e. The monoisotopic (exact) mass is 920 g/mol. The third kappa shape index (κ3) is 8.35. The number of carbonyl (C=O) groups excluding carboxylic acids is 6. The number of piperazine rings is 1. The minimum Gasteiger partial charge on any atom is -0.507 e. The van der Waals surface area contributed by atoms with E-state index in [0.29, 0.717) is 72.9 Å². The van der Waals surface area contributed by atoms with Crippen LogP contribution >= 0.6 is 0 Å². The van der Waals surface area contributed by atoms with E-state index >= 15 is 0 Å². The Morgan fingerprint density at radius 2 is 1.55 bits per heavy atom. The molecule has 0 radical (unpaired) electrons. The summed E-state index contributed by atoms with van der Waals surface area (Å²) >= 11 is 0. The van der Waals surface area contributed by atoms with Crippen molar-refractivity contribution in [2.75, 3.05) is 73.3 Å². The fraction of sp³-hybridized carbons (Fsp3) is 0.362. The van der Waals surface area contributed by atoms with Gasteiger partial charge in [0.1, 0.15) is 11.8 Å². The van der Waals surface area contributed by atoms with Crippen molar-refractivity contribution in [1.82, 2.24) is 30.2 Å². The molecular formula is C47H47F3N10O7. The van der Waals surface area contributed by atoms with Gasteiger partial charge in [0, 0.05) is 94.3 Å². The predicted molar refractivity (Wildman–Crippen MR) is 239 cm³/mol. The number of carbonyl (C=O) groups is 6. The van der Waals surface area contributed by atoms with E-state index in [1.807, 2.05) is 9.80 Å². The van der Waals surface area contributed by atoms with Gasteiger partial charge in [-0.3, -0.25) is 39.0 Å². The van der Waals surface area contributed by atoms with Crippen molar-refractivity contribution in [2.24, 2.45) is 5.92 Å². The van der Waals surface area contributed by atoms with Crippen molar-refractivity contribution in [3.8, 4) is 17.0 Å². The molecule has 17 nitrogen and oxygen atoms in total. The van der Waals surface area contributed by atoms with Gasteiger partial charge in [-0.15, -0.1) is 10.2 Å². The molecule has 4 fully saturated rings. The van der Waals surface area contributed by atoms with Gasteiger partial charge in [-0.1, -0.05) is 18.7 Å². The van der Waals surface area contributed by atoms with Gasteiger partial charge in [0.15, 0.2) is 5.82 Å². The van der Waals surface area contributed by atoms with E-state index in [-0.39, 0.29) is 79.6 Å². The van der Waals surface area contributed by atoms with E-state index in [1.54, 1.807) is 59.3 Å². The quantitative estimate of drug-likeness (QED) is 0.212. The summed E-state index contributed by atoms with van der Waals surface area (Å²) < 4.78 is 43.4. The van der Waals surface area contributed by atoms with Crippen LogP contribution in [-0.2, 0) is 20.6 Å². The average Bonchev–Trinajstić information content (AvgIpc) is 3.83. The van der Waals surface area contributed by atoms with Gasteiger partial charge < -0.3 is 35.3 Å². The number of para-hydroxylation sites is 1. The van der Waals surface area contributed by atoms with E-state index in [9.17, 15) is 47.0 Å². The van der Waals surface area contributed by atoms with Crippen LogP contribution in [0.3, 0.4) is 0 Å². The molecule has 67 heavy (non-hydrogen) atoms. The Bertz CT molecular complexity index is 2730. The molecule has 0 aliphatic carbocycles. The molecule has 2 unspecified atom stereocenters. The van der Waals surface area contributed by atoms with Crippen molar-refractivity contribution in [2.45, 2.75) is 50.4 Å². The number of fused-ring (bicyclic) bond motifs is 1. The summed E-state index contributed by atoms with van der Waals surface area (Å²) in [5, 5.41) is 20.9. The second-order valence-corrected chi connectivity index (χ2v) is 17.4. The van der Waals surface area contributed by atoms with E-state index in [1.165, 1.54) is 23.1 Å². The SMILES string of the molecule is C=C1CC(N(C)c2ccc(C(F)(F)F)c(C(=O)N3CCN(C(=O)C4CCN(c5ccc6c(c5)C(=O)N(C5CCC(=O)NC5=O)C6=O)CC4)CC3)c2)CN1c1cc(-c2ccccc2O)nnc1N. The van der Waals surface area contributed by atoms with Crippen LogP contribution in [0, 0.1) is 5.92 Å². The number of anilines is 4. The number of piperidine rings is 2. The molecule has 4 N–H and O–H groups in total. The Hall–Kier alpha value is -7.51. The van der Waals surface area contributed by atoms with Crippen LogP contribution in [-0.4, -0.2) is 130 Å². The summed E-state index contributed by atoms with van der Waals surface area (Å²) in [4.78, 5) is 88.0. The van der Waals surface area contributed by atoms with Crippen LogP contribution in [0.4, 0.5) is 36.1 Å². The Morgan fingerprint density at radius 3 is 2.25 bits per heavy atom. The zero-order valence-corrected chi connectivity index (χ0v) is 36.5. The highest BCUT2D eigenvalue weighted by atomic mass is 19.4. The number of aromatic hydroxyl groups is 1. The number of halogens is 3. The molecular weight excluding hydrogens is 874 g/mol. The number of likely N-dealkylation sites (N-methyl/N-ethyl adjacent to an activating group) is 1. The fourth-order valence-corrected chi connectivity index (χ4v) is 9.73. The molecule has 1 aromatic heterocycles. The number of phenols is 1. The number of imide groups is 2. The number of rotatable bonds is 8. The lowest BCUT2D eigenvalue weighted by Crippen LogP contribution is -2.54. The van der Waals surface area contributed by atoms with E-state index in [4.69, 9.17) is 5.73 Å². The minimum atomic E-state index is -4.81. The van der Waals surface area contributed by atoms with Crippen molar-refractivity contribution < 1.29 is 47.0 Å². The number of nitrogens with zero attached hydrogens (tertiary/aromatic N) is 8. The number of amides is 6. The largest absolute Gasteiger partial charge is 0.507 e. The number of hydrogen-bond acceptors (Lipinski definition) is 13. The van der Waals surface area contributed by atoms with Gasteiger partial charge >= 0.3 is 6.18 Å². The average molecular weight is 921 g/mol. The maximum absolute atomic E-state index is 14.5. The third-order valence-electron chi connectivity index (χ3n) is 13.5. The number of benzene rings is 3. The van der Waals surface area contributed by atoms with Crippen LogP contribution in [0.1, 0.15) is 68.7 Å². The van der Waals surface area contributed by atoms with E-state index in [0.717, 1.165) is 11.0 Å². The van der Waals surface area contributed by atoms with Gasteiger partial charge in [0.05, 0.1) is 39.7 Å². The molecule has 0 saturated carbocycles. The van der Waals surface area contributed by atoms with Gasteiger partial charge in [-0.25, -0.2) is 0 Å². The lowest BCUT2D eigenvalue weighted by atomic mass is 9.94. The number of nitrogens with one attached hydrogen (secondary N) is 1. The topological polar surface area (TPSA) is 206 Å². The zero-order chi connectivity index (χ0) is 47.5. The highest BCUT2D eigenvalue weighted by molar-refractivity contribution is 6.23. The second-order valence-electron chi connectivity index (χ2n) is 17.4. The first-order valence-corrected chi connectivity index (χ1v) is 22.0. The fourth-order valence-electron chi connectivity index (χ4n) is 9.73. The van der Waals surface area contributed by atoms with Crippen LogP contribution in [0.25, 0.3) is 11.3 Å². The lowest BCUT2D eigenvalue weighted by Gasteiger charge is -2.39. The number of phenolic OH excluding ortho intramolecular Hbond substituents is 1. The Morgan fingerprint density at radius 1 is 0.851 bits per heavy atom. The molecule has 4 saturated heterocycles. The molecule has 9 rings (SSSR count). The molecule has 2 atom stereocenters. The minimum absolute atomic E-state index is 0.0151. The molecule has 0 bridgehead atoms. The molecule has 4 aromatic rings. The summed E-state index contributed by atoms with van der Waals surface area (Å²) in [6, 6.07) is 15.4. The number of nitrogen functional groups attached to an aromatic ring is 1. The van der Waals surface area contributed by atoms with E-state index < -0.39 is 52.9 Å². The maximum Gasteiger partial charge on any atom is 0.417 e. The van der Waals surface area contributed by atoms with Crippen molar-refractivity contribution in [3.05, 3.63) is 101 Å². The highest BCUT2D eigenvalue weighted by Gasteiger charge is 2.45. The van der Waals surface area contributed by atoms with Crippen molar-refractivity contribution >= 4 is 58.3 Å². The highest BCUT2D eigenvalue weighted by Crippen LogP contribution is 2.40. The Kier molecular flexibility index (Phi) is 11.6. The summed E-state index contributed by atoms with van der Waals surface area (Å²) in [7, 11) is 1.74. The van der Waals surface area contributed by atoms with Crippen LogP contribution in [0.5, 0.6) is 5.75 Å². The summed E-state index contributed by atoms with van der Waals surface area (Å²) in [5.74, 6) is -3.43. The normalized spacial score (nSPS) is 20.4. The van der Waals surface area contributed by atoms with Crippen LogP contribution in [0.2, 0.25) is 0 Å². The molecule has 3 aromatic carbocycles. The summed E-state index contributed by atoms with van der Waals surface area (Å²) in [5.41, 5.74) is 8.16. The first-order chi connectivity index (χ1) is 32.0. The van der Waals surface area contributed by atoms with Crippen molar-refractivity contribution in [3.63, 3.8) is 0 Å². The molecule has 5 aliphatic rings. The first-order valence-electron chi connectivity index (χ1n) is 22.0. The third-order valence-corrected chi connectivity index (χ3v) is 13.5. The number of hydrogen-bond donors (Lipinski definition) is 3. The Labute approximate surface area is 382 Å². The summed E-state index contributed by atoms with van der Waals surface area (Å²) in [6.45, 7) is 5.88. The lowest BCUT2D eigenvalue weighted by molar-refractivity contribution is -0.138. The molecule has 20 heteroatoms. The predicted octanol–water partition coefficient (Wildman–Crippen LogP) is 4.28. The summed E-state index contributed by atoms with van der Waals surface area (Å²) in [6.07, 6.45) is -3.36.